The lowest BCUT2D eigenvalue weighted by molar-refractivity contribution is -0.118. The number of fused-ring (bicyclic) bond motifs is 1. The van der Waals surface area contributed by atoms with Crippen LogP contribution in [0.1, 0.15) is 5.76 Å². The van der Waals surface area contributed by atoms with E-state index in [1.165, 1.54) is 11.8 Å². The molecule has 0 radical (unpaired) electrons. The summed E-state index contributed by atoms with van der Waals surface area (Å²) >= 11 is 1.39. The minimum Gasteiger partial charge on any atom is -0.467 e. The fraction of sp³-hybridized carbons (Fsp3) is 0.105. The number of nitrogens with one attached hydrogen (secondary N) is 1. The molecule has 0 saturated heterocycles. The molecule has 3 heterocycles. The second-order valence-electron chi connectivity index (χ2n) is 5.60. The van der Waals surface area contributed by atoms with Gasteiger partial charge in [0.1, 0.15) is 10.8 Å². The molecule has 1 aromatic carbocycles. The predicted molar refractivity (Wildman–Crippen MR) is 99.7 cm³/mol. The zero-order valence-electron chi connectivity index (χ0n) is 13.8. The van der Waals surface area contributed by atoms with Crippen LogP contribution in [0, 0.1) is 0 Å². The molecule has 26 heavy (non-hydrogen) atoms. The Morgan fingerprint density at radius 3 is 2.88 bits per heavy atom. The number of thioether (sulfide) groups is 1. The van der Waals surface area contributed by atoms with Gasteiger partial charge in [0.25, 0.3) is 0 Å². The third kappa shape index (κ3) is 3.62. The molecule has 0 aliphatic carbocycles. The number of furan rings is 1. The summed E-state index contributed by atoms with van der Waals surface area (Å²) in [5.41, 5.74) is 2.81. The molecule has 0 unspecified atom stereocenters. The third-order valence-electron chi connectivity index (χ3n) is 3.80. The van der Waals surface area contributed by atoms with E-state index in [0.717, 1.165) is 27.6 Å². The molecular weight excluding hydrogens is 348 g/mol. The van der Waals surface area contributed by atoms with E-state index in [1.54, 1.807) is 23.0 Å². The highest BCUT2D eigenvalue weighted by Crippen LogP contribution is 2.25. The molecule has 0 atom stereocenters. The number of benzene rings is 1. The van der Waals surface area contributed by atoms with Crippen molar-refractivity contribution < 1.29 is 9.21 Å². The van der Waals surface area contributed by atoms with E-state index in [1.807, 2.05) is 48.7 Å². The van der Waals surface area contributed by atoms with E-state index in [2.05, 4.69) is 15.4 Å². The average Bonchev–Trinajstić information content (AvgIpc) is 3.35. The number of rotatable bonds is 6. The lowest BCUT2D eigenvalue weighted by Gasteiger charge is -2.04. The van der Waals surface area contributed by atoms with E-state index < -0.39 is 0 Å². The molecule has 1 N–H and O–H groups in total. The van der Waals surface area contributed by atoms with Crippen molar-refractivity contribution in [1.29, 1.82) is 0 Å². The van der Waals surface area contributed by atoms with Crippen molar-refractivity contribution in [2.75, 3.05) is 5.75 Å². The maximum atomic E-state index is 12.1. The summed E-state index contributed by atoms with van der Waals surface area (Å²) in [6.45, 7) is 0.384. The molecule has 0 fully saturated rings. The van der Waals surface area contributed by atoms with Gasteiger partial charge in [-0.1, -0.05) is 42.1 Å². The lowest BCUT2D eigenvalue weighted by atomic mass is 10.1. The number of nitrogens with zero attached hydrogens (tertiary/aromatic N) is 3. The molecule has 6 nitrogen and oxygen atoms in total. The van der Waals surface area contributed by atoms with E-state index in [4.69, 9.17) is 4.42 Å². The number of amides is 1. The second kappa shape index (κ2) is 7.45. The smallest absolute Gasteiger partial charge is 0.230 e. The van der Waals surface area contributed by atoms with Gasteiger partial charge in [-0.25, -0.2) is 9.50 Å². The summed E-state index contributed by atoms with van der Waals surface area (Å²) in [6.07, 6.45) is 5.09. The Morgan fingerprint density at radius 2 is 2.08 bits per heavy atom. The molecule has 0 aliphatic rings. The first-order valence-corrected chi connectivity index (χ1v) is 9.10. The summed E-state index contributed by atoms with van der Waals surface area (Å²) in [7, 11) is 0. The van der Waals surface area contributed by atoms with Gasteiger partial charge >= 0.3 is 0 Å². The van der Waals surface area contributed by atoms with E-state index in [-0.39, 0.29) is 11.7 Å². The molecule has 0 bridgehead atoms. The molecule has 0 spiro atoms. The summed E-state index contributed by atoms with van der Waals surface area (Å²) < 4.78 is 6.99. The fourth-order valence-electron chi connectivity index (χ4n) is 2.54. The van der Waals surface area contributed by atoms with E-state index in [0.29, 0.717) is 6.54 Å². The summed E-state index contributed by atoms with van der Waals surface area (Å²) in [5, 5.41) is 8.20. The Hall–Kier alpha value is -3.06. The standard InChI is InChI=1S/C19H16N4O2S/c24-18(21-12-15-7-4-10-25-15)13-26-19-17-11-16(14-5-2-1-3-6-14)22-23(17)9-8-20-19/h1-11H,12-13H2,(H,21,24). The molecule has 4 aromatic rings. The first-order valence-electron chi connectivity index (χ1n) is 8.11. The van der Waals surface area contributed by atoms with Gasteiger partial charge in [-0.15, -0.1) is 0 Å². The lowest BCUT2D eigenvalue weighted by Crippen LogP contribution is -2.24. The molecule has 4 rings (SSSR count). The summed E-state index contributed by atoms with van der Waals surface area (Å²) in [5.74, 6) is 0.934. The predicted octanol–water partition coefficient (Wildman–Crippen LogP) is 3.40. The van der Waals surface area contributed by atoms with Crippen LogP contribution in [0.3, 0.4) is 0 Å². The Balaban J connectivity index is 1.46. The van der Waals surface area contributed by atoms with Crippen LogP contribution in [-0.4, -0.2) is 26.3 Å². The zero-order valence-corrected chi connectivity index (χ0v) is 14.6. The summed E-state index contributed by atoms with van der Waals surface area (Å²) in [6, 6.07) is 15.6. The van der Waals surface area contributed by atoms with Crippen molar-refractivity contribution in [2.24, 2.45) is 0 Å². The maximum Gasteiger partial charge on any atom is 0.230 e. The van der Waals surface area contributed by atoms with Crippen molar-refractivity contribution in [3.05, 3.63) is 72.9 Å². The van der Waals surface area contributed by atoms with Crippen LogP contribution in [0.15, 0.2) is 76.6 Å². The molecule has 130 valence electrons. The molecule has 7 heteroatoms. The Kier molecular flexibility index (Phi) is 4.70. The third-order valence-corrected chi connectivity index (χ3v) is 4.80. The van der Waals surface area contributed by atoms with Crippen molar-refractivity contribution in [3.63, 3.8) is 0 Å². The van der Waals surface area contributed by atoms with Crippen molar-refractivity contribution in [1.82, 2.24) is 19.9 Å². The zero-order chi connectivity index (χ0) is 17.8. The number of hydrogen-bond acceptors (Lipinski definition) is 5. The number of carbonyl (C=O) groups is 1. The second-order valence-corrected chi connectivity index (χ2v) is 6.57. The average molecular weight is 364 g/mol. The number of carbonyl (C=O) groups excluding carboxylic acids is 1. The van der Waals surface area contributed by atoms with Crippen LogP contribution < -0.4 is 5.32 Å². The topological polar surface area (TPSA) is 72.4 Å². The number of aromatic nitrogens is 3. The maximum absolute atomic E-state index is 12.1. The van der Waals surface area contributed by atoms with Crippen LogP contribution in [0.25, 0.3) is 16.8 Å². The molecule has 0 saturated carbocycles. The van der Waals surface area contributed by atoms with Gasteiger partial charge in [0.2, 0.25) is 5.91 Å². The van der Waals surface area contributed by atoms with Gasteiger partial charge in [0, 0.05) is 18.0 Å². The van der Waals surface area contributed by atoms with Crippen LogP contribution in [0.2, 0.25) is 0 Å². The molecule has 0 aliphatic heterocycles. The highest BCUT2D eigenvalue weighted by molar-refractivity contribution is 8.00. The van der Waals surface area contributed by atoms with E-state index in [9.17, 15) is 4.79 Å². The van der Waals surface area contributed by atoms with Crippen molar-refractivity contribution in [3.8, 4) is 11.3 Å². The van der Waals surface area contributed by atoms with Crippen LogP contribution in [0.4, 0.5) is 0 Å². The van der Waals surface area contributed by atoms with Gasteiger partial charge in [0.05, 0.1) is 29.8 Å². The van der Waals surface area contributed by atoms with Crippen molar-refractivity contribution >= 4 is 23.2 Å². The Bertz CT molecular complexity index is 1010. The van der Waals surface area contributed by atoms with Crippen LogP contribution >= 0.6 is 11.8 Å². The number of hydrogen-bond donors (Lipinski definition) is 1. The SMILES string of the molecule is O=C(CSc1nccn2nc(-c3ccccc3)cc12)NCc1ccco1. The summed E-state index contributed by atoms with van der Waals surface area (Å²) in [4.78, 5) is 16.5. The first-order chi connectivity index (χ1) is 12.8. The Labute approximate surface area is 154 Å². The minimum atomic E-state index is -0.0713. The van der Waals surface area contributed by atoms with Gasteiger partial charge < -0.3 is 9.73 Å². The van der Waals surface area contributed by atoms with E-state index >= 15 is 0 Å². The minimum absolute atomic E-state index is 0.0713. The highest BCUT2D eigenvalue weighted by Gasteiger charge is 2.11. The first kappa shape index (κ1) is 16.4. The van der Waals surface area contributed by atoms with Gasteiger partial charge in [-0.2, -0.15) is 5.10 Å². The highest BCUT2D eigenvalue weighted by atomic mass is 32.2. The quantitative estimate of drug-likeness (QED) is 0.531. The molecule has 1 amide bonds. The Morgan fingerprint density at radius 1 is 1.19 bits per heavy atom. The van der Waals surface area contributed by atoms with Crippen LogP contribution in [0.5, 0.6) is 0 Å². The molecule has 3 aromatic heterocycles. The largest absolute Gasteiger partial charge is 0.467 e. The molecular formula is C19H16N4O2S. The van der Waals surface area contributed by atoms with Gasteiger partial charge in [-0.05, 0) is 18.2 Å². The van der Waals surface area contributed by atoms with Gasteiger partial charge in [0.15, 0.2) is 0 Å². The van der Waals surface area contributed by atoms with Crippen molar-refractivity contribution in [2.45, 2.75) is 11.6 Å². The van der Waals surface area contributed by atoms with Crippen LogP contribution in [-0.2, 0) is 11.3 Å². The normalized spacial score (nSPS) is 10.9. The monoisotopic (exact) mass is 364 g/mol. The van der Waals surface area contributed by atoms with Gasteiger partial charge in [-0.3, -0.25) is 4.79 Å². The fourth-order valence-corrected chi connectivity index (χ4v) is 3.35.